The minimum atomic E-state index is -0.0589. The molecule has 0 aliphatic carbocycles. The highest BCUT2D eigenvalue weighted by Crippen LogP contribution is 2.14. The van der Waals surface area contributed by atoms with Crippen LogP contribution >= 0.6 is 0 Å². The zero-order valence-corrected chi connectivity index (χ0v) is 11.3. The van der Waals surface area contributed by atoms with Gasteiger partial charge in [-0.3, -0.25) is 9.20 Å². The van der Waals surface area contributed by atoms with Crippen LogP contribution in [-0.2, 0) is 0 Å². The van der Waals surface area contributed by atoms with E-state index in [2.05, 4.69) is 31.1 Å². The number of fused-ring (bicyclic) bond motifs is 1. The van der Waals surface area contributed by atoms with E-state index in [1.807, 2.05) is 19.1 Å². The molecular weight excluding hydrogens is 226 g/mol. The van der Waals surface area contributed by atoms with Crippen LogP contribution in [0.2, 0.25) is 0 Å². The summed E-state index contributed by atoms with van der Waals surface area (Å²) in [7, 11) is 0. The van der Waals surface area contributed by atoms with Gasteiger partial charge in [0.15, 0.2) is 0 Å². The molecule has 0 aliphatic rings. The van der Waals surface area contributed by atoms with E-state index in [0.29, 0.717) is 11.5 Å². The maximum atomic E-state index is 11.9. The molecule has 0 unspecified atom stereocenters. The van der Waals surface area contributed by atoms with Crippen molar-refractivity contribution in [2.45, 2.75) is 27.7 Å². The first-order valence-electron chi connectivity index (χ1n) is 6.09. The summed E-state index contributed by atoms with van der Waals surface area (Å²) in [6.45, 7) is 9.18. The third-order valence-electron chi connectivity index (χ3n) is 2.62. The summed E-state index contributed by atoms with van der Waals surface area (Å²) in [6.07, 6.45) is 1.76. The first-order valence-corrected chi connectivity index (χ1v) is 6.09. The quantitative estimate of drug-likeness (QED) is 0.884. The molecule has 1 N–H and O–H groups in total. The van der Waals surface area contributed by atoms with E-state index in [1.165, 1.54) is 6.07 Å². The Hall–Kier alpha value is -1.84. The third-order valence-corrected chi connectivity index (χ3v) is 2.62. The minimum Gasteiger partial charge on any atom is -0.369 e. The summed E-state index contributed by atoms with van der Waals surface area (Å²) < 4.78 is 1.55. The first-order chi connectivity index (χ1) is 8.35. The van der Waals surface area contributed by atoms with Crippen LogP contribution < -0.4 is 10.9 Å². The molecular formula is C14H19N3O. The van der Waals surface area contributed by atoms with Crippen LogP contribution in [0, 0.1) is 12.3 Å². The van der Waals surface area contributed by atoms with Gasteiger partial charge in [0.1, 0.15) is 11.5 Å². The number of hydrogen-bond acceptors (Lipinski definition) is 3. The van der Waals surface area contributed by atoms with E-state index in [4.69, 9.17) is 0 Å². The molecule has 2 aromatic heterocycles. The van der Waals surface area contributed by atoms with Crippen LogP contribution in [0.5, 0.6) is 0 Å². The molecule has 0 saturated carbocycles. The second-order valence-corrected chi connectivity index (χ2v) is 5.83. The molecule has 18 heavy (non-hydrogen) atoms. The van der Waals surface area contributed by atoms with Crippen molar-refractivity contribution in [3.63, 3.8) is 0 Å². The Labute approximate surface area is 107 Å². The molecule has 4 nitrogen and oxygen atoms in total. The first kappa shape index (κ1) is 12.6. The van der Waals surface area contributed by atoms with Crippen molar-refractivity contribution in [1.29, 1.82) is 0 Å². The number of rotatable bonds is 2. The van der Waals surface area contributed by atoms with Gasteiger partial charge >= 0.3 is 0 Å². The van der Waals surface area contributed by atoms with Crippen molar-refractivity contribution >= 4 is 11.5 Å². The normalized spacial score (nSPS) is 11.8. The zero-order valence-electron chi connectivity index (χ0n) is 11.3. The van der Waals surface area contributed by atoms with Crippen LogP contribution in [0.25, 0.3) is 5.65 Å². The predicted octanol–water partition coefficient (Wildman–Crippen LogP) is 2.46. The van der Waals surface area contributed by atoms with Gasteiger partial charge in [-0.1, -0.05) is 20.8 Å². The monoisotopic (exact) mass is 245 g/mol. The fourth-order valence-corrected chi connectivity index (χ4v) is 1.65. The molecule has 0 spiro atoms. The second kappa shape index (κ2) is 4.44. The molecule has 2 rings (SSSR count). The van der Waals surface area contributed by atoms with Crippen molar-refractivity contribution in [3.8, 4) is 0 Å². The number of nitrogens with one attached hydrogen (secondary N) is 1. The van der Waals surface area contributed by atoms with E-state index >= 15 is 0 Å². The second-order valence-electron chi connectivity index (χ2n) is 5.83. The molecule has 0 aliphatic heterocycles. The summed E-state index contributed by atoms with van der Waals surface area (Å²) in [6, 6.07) is 5.34. The molecule has 0 aromatic carbocycles. The standard InChI is InChI=1S/C14H19N3O/c1-10-5-6-17-12(7-10)16-11(8-13(17)18)15-9-14(2,3)4/h5-8,15H,9H2,1-4H3. The predicted molar refractivity (Wildman–Crippen MR) is 74.1 cm³/mol. The number of pyridine rings is 1. The number of aryl methyl sites for hydroxylation is 1. The van der Waals surface area contributed by atoms with Gasteiger partial charge in [-0.2, -0.15) is 0 Å². The number of nitrogens with zero attached hydrogens (tertiary/aromatic N) is 2. The number of aromatic nitrogens is 2. The van der Waals surface area contributed by atoms with Crippen molar-refractivity contribution in [3.05, 3.63) is 40.3 Å². The van der Waals surface area contributed by atoms with Crippen LogP contribution in [0.3, 0.4) is 0 Å². The van der Waals surface area contributed by atoms with Gasteiger partial charge in [-0.25, -0.2) is 4.98 Å². The Morgan fingerprint density at radius 1 is 1.33 bits per heavy atom. The van der Waals surface area contributed by atoms with Gasteiger partial charge in [0.05, 0.1) is 0 Å². The molecule has 0 amide bonds. The lowest BCUT2D eigenvalue weighted by Gasteiger charge is -2.19. The van der Waals surface area contributed by atoms with E-state index in [0.717, 1.165) is 12.1 Å². The van der Waals surface area contributed by atoms with Gasteiger partial charge in [-0.15, -0.1) is 0 Å². The zero-order chi connectivity index (χ0) is 13.3. The average molecular weight is 245 g/mol. The van der Waals surface area contributed by atoms with E-state index in [1.54, 1.807) is 10.6 Å². The largest absolute Gasteiger partial charge is 0.369 e. The van der Waals surface area contributed by atoms with E-state index < -0.39 is 0 Å². The molecule has 0 saturated heterocycles. The Balaban J connectivity index is 2.39. The summed E-state index contributed by atoms with van der Waals surface area (Å²) in [4.78, 5) is 16.4. The minimum absolute atomic E-state index is 0.0589. The van der Waals surface area contributed by atoms with E-state index in [-0.39, 0.29) is 11.0 Å². The van der Waals surface area contributed by atoms with Crippen molar-refractivity contribution < 1.29 is 0 Å². The van der Waals surface area contributed by atoms with Gasteiger partial charge in [0.2, 0.25) is 0 Å². The SMILES string of the molecule is Cc1ccn2c(=O)cc(NCC(C)(C)C)nc2c1. The van der Waals surface area contributed by atoms with E-state index in [9.17, 15) is 4.79 Å². The number of hydrogen-bond donors (Lipinski definition) is 1. The van der Waals surface area contributed by atoms with Crippen LogP contribution in [-0.4, -0.2) is 15.9 Å². The highest BCUT2D eigenvalue weighted by atomic mass is 16.1. The number of anilines is 1. The lowest BCUT2D eigenvalue weighted by atomic mass is 9.97. The molecule has 2 heterocycles. The average Bonchev–Trinajstić information content (AvgIpc) is 2.24. The molecule has 2 aromatic rings. The Bertz CT molecular complexity index is 623. The summed E-state index contributed by atoms with van der Waals surface area (Å²) in [5, 5.41) is 3.21. The third kappa shape index (κ3) is 2.88. The van der Waals surface area contributed by atoms with Crippen molar-refractivity contribution in [2.75, 3.05) is 11.9 Å². The highest BCUT2D eigenvalue weighted by Gasteiger charge is 2.10. The van der Waals surface area contributed by atoms with Crippen LogP contribution in [0.15, 0.2) is 29.2 Å². The fourth-order valence-electron chi connectivity index (χ4n) is 1.65. The van der Waals surface area contributed by atoms with Gasteiger partial charge in [0, 0.05) is 18.8 Å². The Morgan fingerprint density at radius 2 is 2.06 bits per heavy atom. The lowest BCUT2D eigenvalue weighted by Crippen LogP contribution is -2.22. The van der Waals surface area contributed by atoms with Crippen molar-refractivity contribution in [1.82, 2.24) is 9.38 Å². The maximum absolute atomic E-state index is 11.9. The summed E-state index contributed by atoms with van der Waals surface area (Å²) in [5.74, 6) is 0.639. The van der Waals surface area contributed by atoms with Gasteiger partial charge < -0.3 is 5.32 Å². The maximum Gasteiger partial charge on any atom is 0.259 e. The summed E-state index contributed by atoms with van der Waals surface area (Å²) in [5.41, 5.74) is 1.87. The highest BCUT2D eigenvalue weighted by molar-refractivity contribution is 5.48. The molecule has 4 heteroatoms. The topological polar surface area (TPSA) is 46.4 Å². The van der Waals surface area contributed by atoms with Gasteiger partial charge in [-0.05, 0) is 30.0 Å². The van der Waals surface area contributed by atoms with Crippen molar-refractivity contribution in [2.24, 2.45) is 5.41 Å². The Morgan fingerprint density at radius 3 is 2.72 bits per heavy atom. The lowest BCUT2D eigenvalue weighted by molar-refractivity contribution is 0.442. The van der Waals surface area contributed by atoms with Gasteiger partial charge in [0.25, 0.3) is 5.56 Å². The van der Waals surface area contributed by atoms with Crippen LogP contribution in [0.1, 0.15) is 26.3 Å². The molecule has 0 radical (unpaired) electrons. The molecule has 96 valence electrons. The Kier molecular flexibility index (Phi) is 3.11. The molecule has 0 atom stereocenters. The fraction of sp³-hybridized carbons (Fsp3) is 0.429. The van der Waals surface area contributed by atoms with Crippen LogP contribution in [0.4, 0.5) is 5.82 Å². The summed E-state index contributed by atoms with van der Waals surface area (Å²) >= 11 is 0. The molecule has 0 fully saturated rings. The molecule has 0 bridgehead atoms. The smallest absolute Gasteiger partial charge is 0.259 e.